The van der Waals surface area contributed by atoms with Crippen LogP contribution < -0.4 is 15.1 Å². The van der Waals surface area contributed by atoms with E-state index in [1.165, 1.54) is 13.4 Å². The molecule has 10 nitrogen and oxygen atoms in total. The number of methoxy groups -OCH3 is 1. The maximum absolute atomic E-state index is 12.5. The number of anilines is 3. The van der Waals surface area contributed by atoms with Gasteiger partial charge in [0.05, 0.1) is 35.1 Å². The lowest BCUT2D eigenvalue weighted by molar-refractivity contribution is 0.0594. The Balaban J connectivity index is 1.30. The zero-order valence-corrected chi connectivity index (χ0v) is 19.5. The van der Waals surface area contributed by atoms with Gasteiger partial charge in [0.1, 0.15) is 17.8 Å². The number of urea groups is 1. The molecular weight excluding hydrogens is 434 g/mol. The highest BCUT2D eigenvalue weighted by molar-refractivity contribution is 6.17. The molecule has 4 heterocycles. The van der Waals surface area contributed by atoms with Crippen molar-refractivity contribution in [1.82, 2.24) is 19.9 Å². The smallest absolute Gasteiger partial charge is 0.356 e. The zero-order chi connectivity index (χ0) is 23.8. The number of piperazine rings is 1. The van der Waals surface area contributed by atoms with Gasteiger partial charge in [-0.3, -0.25) is 9.80 Å². The molecule has 0 atom stereocenters. The minimum atomic E-state index is -0.426. The molecule has 10 heteroatoms. The van der Waals surface area contributed by atoms with Gasteiger partial charge in [0.2, 0.25) is 0 Å². The molecule has 0 radical (unpaired) electrons. The van der Waals surface area contributed by atoms with Crippen molar-refractivity contribution in [3.8, 4) is 0 Å². The van der Waals surface area contributed by atoms with Gasteiger partial charge in [0.25, 0.3) is 0 Å². The third-order valence-corrected chi connectivity index (χ3v) is 6.41. The summed E-state index contributed by atoms with van der Waals surface area (Å²) in [4.78, 5) is 43.8. The predicted octanol–water partition coefficient (Wildman–Crippen LogP) is 2.81. The number of aryl methyl sites for hydroxylation is 1. The van der Waals surface area contributed by atoms with Gasteiger partial charge in [-0.05, 0) is 43.7 Å². The maximum atomic E-state index is 12.5. The van der Waals surface area contributed by atoms with Crippen molar-refractivity contribution in [2.24, 2.45) is 0 Å². The van der Waals surface area contributed by atoms with Crippen LogP contribution in [-0.4, -0.2) is 71.7 Å². The average Bonchev–Trinajstić information content (AvgIpc) is 2.84. The fraction of sp³-hybridized carbons (Fsp3) is 0.375. The first-order chi connectivity index (χ1) is 16.5. The van der Waals surface area contributed by atoms with Crippen molar-refractivity contribution in [3.63, 3.8) is 0 Å². The van der Waals surface area contributed by atoms with Gasteiger partial charge >= 0.3 is 12.0 Å². The van der Waals surface area contributed by atoms with Gasteiger partial charge in [-0.2, -0.15) is 0 Å². The van der Waals surface area contributed by atoms with Crippen molar-refractivity contribution in [3.05, 3.63) is 47.5 Å². The van der Waals surface area contributed by atoms with E-state index in [9.17, 15) is 9.59 Å². The maximum Gasteiger partial charge on any atom is 0.356 e. The summed E-state index contributed by atoms with van der Waals surface area (Å²) in [6, 6.07) is 7.61. The second-order valence-electron chi connectivity index (χ2n) is 8.46. The Hall–Kier alpha value is -3.79. The van der Waals surface area contributed by atoms with Crippen LogP contribution in [-0.2, 0) is 11.3 Å². The lowest BCUT2D eigenvalue weighted by atomic mass is 10.1. The number of ether oxygens (including phenoxy) is 1. The van der Waals surface area contributed by atoms with Gasteiger partial charge in [-0.1, -0.05) is 0 Å². The highest BCUT2D eigenvalue weighted by atomic mass is 16.5. The molecule has 0 saturated carbocycles. The SMILES string of the molecule is CCN1C(=O)Nc2cc(CN3CCN(c4ccc(C(=O)OC)nc4C)CC3)cc3ncnc1c23. The van der Waals surface area contributed by atoms with Crippen molar-refractivity contribution in [2.75, 3.05) is 55.0 Å². The van der Waals surface area contributed by atoms with Crippen LogP contribution in [0.1, 0.15) is 28.7 Å². The summed E-state index contributed by atoms with van der Waals surface area (Å²) >= 11 is 0. The number of carbonyl (C=O) groups excluding carboxylic acids is 2. The molecular formula is C24H27N7O3. The molecule has 0 spiro atoms. The van der Waals surface area contributed by atoms with Crippen molar-refractivity contribution >= 4 is 40.1 Å². The standard InChI is InChI=1S/C24H27N7O3/c1-4-31-22-21-18(25-14-26-22)11-16(12-19(21)28-24(31)33)13-29-7-9-30(10-8-29)20-6-5-17(23(32)34-3)27-15(20)2/h5-6,11-12,14H,4,7-10,13H2,1-3H3,(H,28,33). The number of amides is 2. The van der Waals surface area contributed by atoms with E-state index in [4.69, 9.17) is 4.74 Å². The Morgan fingerprint density at radius 3 is 2.65 bits per heavy atom. The highest BCUT2D eigenvalue weighted by Crippen LogP contribution is 2.35. The van der Waals surface area contributed by atoms with E-state index in [2.05, 4.69) is 36.1 Å². The monoisotopic (exact) mass is 461 g/mol. The number of carbonyl (C=O) groups is 2. The van der Waals surface area contributed by atoms with Crippen molar-refractivity contribution < 1.29 is 14.3 Å². The van der Waals surface area contributed by atoms with Crippen molar-refractivity contribution in [1.29, 1.82) is 0 Å². The van der Waals surface area contributed by atoms with E-state index in [0.29, 0.717) is 18.1 Å². The van der Waals surface area contributed by atoms with Crippen LogP contribution in [0.3, 0.4) is 0 Å². The van der Waals surface area contributed by atoms with Crippen LogP contribution in [0.4, 0.5) is 22.0 Å². The second-order valence-corrected chi connectivity index (χ2v) is 8.46. The Bertz CT molecular complexity index is 1270. The lowest BCUT2D eigenvalue weighted by Gasteiger charge is -2.36. The molecule has 34 heavy (non-hydrogen) atoms. The summed E-state index contributed by atoms with van der Waals surface area (Å²) in [5.41, 5.74) is 4.88. The molecule has 2 aromatic heterocycles. The number of aromatic nitrogens is 3. The molecule has 0 bridgehead atoms. The first-order valence-electron chi connectivity index (χ1n) is 11.4. The molecule has 1 fully saturated rings. The first-order valence-corrected chi connectivity index (χ1v) is 11.4. The summed E-state index contributed by atoms with van der Waals surface area (Å²) in [7, 11) is 1.36. The molecule has 3 aromatic rings. The first kappa shape index (κ1) is 22.0. The van der Waals surface area contributed by atoms with E-state index in [-0.39, 0.29) is 6.03 Å². The zero-order valence-electron chi connectivity index (χ0n) is 19.5. The Kier molecular flexibility index (Phi) is 5.74. The molecule has 0 aliphatic carbocycles. The minimum Gasteiger partial charge on any atom is -0.464 e. The number of rotatable bonds is 5. The van der Waals surface area contributed by atoms with E-state index in [1.807, 2.05) is 26.0 Å². The fourth-order valence-electron chi connectivity index (χ4n) is 4.71. The summed E-state index contributed by atoms with van der Waals surface area (Å²) < 4.78 is 4.76. The summed E-state index contributed by atoms with van der Waals surface area (Å²) in [6.07, 6.45) is 1.52. The van der Waals surface area contributed by atoms with Gasteiger partial charge < -0.3 is 15.0 Å². The van der Waals surface area contributed by atoms with E-state index >= 15 is 0 Å². The molecule has 5 rings (SSSR count). The number of nitrogens with one attached hydrogen (secondary N) is 1. The Morgan fingerprint density at radius 1 is 1.15 bits per heavy atom. The summed E-state index contributed by atoms with van der Waals surface area (Å²) in [5, 5.41) is 3.88. The normalized spacial score (nSPS) is 16.0. The van der Waals surface area contributed by atoms with E-state index in [0.717, 1.165) is 66.3 Å². The van der Waals surface area contributed by atoms with E-state index in [1.54, 1.807) is 11.0 Å². The number of hydrogen-bond donors (Lipinski definition) is 1. The molecule has 2 aliphatic heterocycles. The Labute approximate surface area is 197 Å². The molecule has 2 amide bonds. The average molecular weight is 462 g/mol. The van der Waals surface area contributed by atoms with Crippen LogP contribution in [0.15, 0.2) is 30.6 Å². The Morgan fingerprint density at radius 2 is 1.94 bits per heavy atom. The van der Waals surface area contributed by atoms with Gasteiger partial charge in [0.15, 0.2) is 0 Å². The quantitative estimate of drug-likeness (QED) is 0.579. The molecule has 1 N–H and O–H groups in total. The van der Waals surface area contributed by atoms with Crippen LogP contribution in [0.25, 0.3) is 10.9 Å². The topological polar surface area (TPSA) is 104 Å². The predicted molar refractivity (Wildman–Crippen MR) is 129 cm³/mol. The molecule has 1 aromatic carbocycles. The molecule has 1 saturated heterocycles. The minimum absolute atomic E-state index is 0.164. The largest absolute Gasteiger partial charge is 0.464 e. The number of nitrogens with zero attached hydrogens (tertiary/aromatic N) is 6. The lowest BCUT2D eigenvalue weighted by Crippen LogP contribution is -2.46. The molecule has 176 valence electrons. The van der Waals surface area contributed by atoms with Gasteiger partial charge in [-0.15, -0.1) is 0 Å². The number of hydrogen-bond acceptors (Lipinski definition) is 8. The number of pyridine rings is 1. The fourth-order valence-corrected chi connectivity index (χ4v) is 4.71. The van der Waals surface area contributed by atoms with Gasteiger partial charge in [-0.25, -0.2) is 24.5 Å². The van der Waals surface area contributed by atoms with E-state index < -0.39 is 5.97 Å². The number of benzene rings is 1. The van der Waals surface area contributed by atoms with Crippen LogP contribution in [0, 0.1) is 6.92 Å². The van der Waals surface area contributed by atoms with Gasteiger partial charge in [0, 0.05) is 39.3 Å². The molecule has 2 aliphatic rings. The third-order valence-electron chi connectivity index (χ3n) is 6.41. The summed E-state index contributed by atoms with van der Waals surface area (Å²) in [6.45, 7) is 8.64. The number of esters is 1. The van der Waals surface area contributed by atoms with Crippen molar-refractivity contribution in [2.45, 2.75) is 20.4 Å². The van der Waals surface area contributed by atoms with Crippen LogP contribution in [0.5, 0.6) is 0 Å². The second kappa shape index (κ2) is 8.86. The highest BCUT2D eigenvalue weighted by Gasteiger charge is 2.27. The van der Waals surface area contributed by atoms with Crippen LogP contribution in [0.2, 0.25) is 0 Å². The third kappa shape index (κ3) is 3.90. The summed E-state index contributed by atoms with van der Waals surface area (Å²) in [5.74, 6) is 0.235. The van der Waals surface area contributed by atoms with Crippen LogP contribution >= 0.6 is 0 Å². The molecule has 0 unspecified atom stereocenters.